The van der Waals surface area contributed by atoms with Gasteiger partial charge in [-0.05, 0) is 38.5 Å². The number of unbranched alkanes of at least 4 members (excludes halogenated alkanes) is 44. The lowest BCUT2D eigenvalue weighted by atomic mass is 10.00. The molecule has 6 heteroatoms. The van der Waals surface area contributed by atoms with Crippen LogP contribution in [-0.2, 0) is 4.79 Å². The Labute approximate surface area is 406 Å². The standard InChI is InChI=1S/C59H117NO5/c1-3-5-7-9-11-13-15-17-19-21-23-25-26-27-28-29-30-31-32-33-35-37-39-41-43-45-47-49-51-53-57(63)59(65)60-55(54-61)58(64)56(62)52-50-48-46-44-42-40-38-36-34-24-22-20-18-16-14-12-10-8-6-4-2/h44,46,55-58,61-64H,3-43,45,47-54H2,1-2H3,(H,60,65)/b46-44+. The van der Waals surface area contributed by atoms with Gasteiger partial charge in [0.25, 0.3) is 0 Å². The van der Waals surface area contributed by atoms with Crippen LogP contribution in [0.3, 0.4) is 0 Å². The lowest BCUT2D eigenvalue weighted by molar-refractivity contribution is -0.132. The molecule has 0 bridgehead atoms. The lowest BCUT2D eigenvalue weighted by Crippen LogP contribution is -2.53. The minimum Gasteiger partial charge on any atom is -0.394 e. The van der Waals surface area contributed by atoms with Crippen LogP contribution in [0.5, 0.6) is 0 Å². The molecule has 0 aliphatic rings. The third-order valence-corrected chi connectivity index (χ3v) is 14.2. The minimum absolute atomic E-state index is 0.369. The highest BCUT2D eigenvalue weighted by Crippen LogP contribution is 2.18. The van der Waals surface area contributed by atoms with Gasteiger partial charge in [-0.25, -0.2) is 0 Å². The summed E-state index contributed by atoms with van der Waals surface area (Å²) in [6.07, 6.45) is 64.4. The molecular weight excluding hydrogens is 803 g/mol. The van der Waals surface area contributed by atoms with Crippen molar-refractivity contribution in [3.05, 3.63) is 12.2 Å². The number of carbonyl (C=O) groups excluding carboxylic acids is 1. The van der Waals surface area contributed by atoms with Gasteiger partial charge in [0.2, 0.25) is 5.91 Å². The van der Waals surface area contributed by atoms with E-state index >= 15 is 0 Å². The van der Waals surface area contributed by atoms with Crippen molar-refractivity contribution >= 4 is 5.91 Å². The maximum Gasteiger partial charge on any atom is 0.249 e. The van der Waals surface area contributed by atoms with Crippen LogP contribution >= 0.6 is 0 Å². The molecule has 0 aromatic carbocycles. The van der Waals surface area contributed by atoms with Gasteiger partial charge < -0.3 is 25.7 Å². The number of hydrogen-bond acceptors (Lipinski definition) is 5. The zero-order valence-corrected chi connectivity index (χ0v) is 44.0. The summed E-state index contributed by atoms with van der Waals surface area (Å²) in [5.41, 5.74) is 0. The van der Waals surface area contributed by atoms with Gasteiger partial charge in [0.15, 0.2) is 0 Å². The predicted octanol–water partition coefficient (Wildman–Crippen LogP) is 17.3. The largest absolute Gasteiger partial charge is 0.394 e. The third-order valence-electron chi connectivity index (χ3n) is 14.2. The molecule has 0 aliphatic carbocycles. The second kappa shape index (κ2) is 54.0. The summed E-state index contributed by atoms with van der Waals surface area (Å²) in [6.45, 7) is 4.09. The van der Waals surface area contributed by atoms with Gasteiger partial charge in [0.05, 0.1) is 18.8 Å². The fourth-order valence-electron chi connectivity index (χ4n) is 9.59. The van der Waals surface area contributed by atoms with Crippen molar-refractivity contribution in [3.63, 3.8) is 0 Å². The molecule has 0 heterocycles. The van der Waals surface area contributed by atoms with Gasteiger partial charge in [-0.15, -0.1) is 0 Å². The maximum atomic E-state index is 12.6. The second-order valence-corrected chi connectivity index (χ2v) is 20.7. The fraction of sp³-hybridized carbons (Fsp3) is 0.949. The Morgan fingerprint density at radius 3 is 0.923 bits per heavy atom. The van der Waals surface area contributed by atoms with E-state index in [1.165, 1.54) is 263 Å². The van der Waals surface area contributed by atoms with Crippen LogP contribution in [0.2, 0.25) is 0 Å². The van der Waals surface area contributed by atoms with E-state index in [1.807, 2.05) is 0 Å². The summed E-state index contributed by atoms with van der Waals surface area (Å²) in [6, 6.07) is -0.999. The van der Waals surface area contributed by atoms with E-state index in [-0.39, 0.29) is 0 Å². The van der Waals surface area contributed by atoms with Gasteiger partial charge in [-0.1, -0.05) is 302 Å². The molecule has 0 aromatic heterocycles. The molecule has 0 fully saturated rings. The molecule has 6 nitrogen and oxygen atoms in total. The molecule has 0 rings (SSSR count). The molecule has 0 spiro atoms. The highest BCUT2D eigenvalue weighted by atomic mass is 16.3. The normalized spacial score (nSPS) is 13.8. The first-order valence-electron chi connectivity index (χ1n) is 29.6. The van der Waals surface area contributed by atoms with Crippen LogP contribution in [0.1, 0.15) is 328 Å². The van der Waals surface area contributed by atoms with E-state index in [0.29, 0.717) is 12.8 Å². The van der Waals surface area contributed by atoms with Crippen molar-refractivity contribution < 1.29 is 25.2 Å². The van der Waals surface area contributed by atoms with Crippen molar-refractivity contribution in [1.82, 2.24) is 5.32 Å². The topological polar surface area (TPSA) is 110 Å². The highest BCUT2D eigenvalue weighted by molar-refractivity contribution is 5.80. The summed E-state index contributed by atoms with van der Waals surface area (Å²) in [7, 11) is 0. The number of aliphatic hydroxyl groups is 4. The van der Waals surface area contributed by atoms with Crippen molar-refractivity contribution in [2.75, 3.05) is 6.61 Å². The molecule has 0 aliphatic heterocycles. The summed E-state index contributed by atoms with van der Waals surface area (Å²) in [4.78, 5) is 12.6. The number of hydrogen-bond donors (Lipinski definition) is 5. The van der Waals surface area contributed by atoms with Crippen LogP contribution in [0, 0.1) is 0 Å². The summed E-state index contributed by atoms with van der Waals surface area (Å²) < 4.78 is 0. The van der Waals surface area contributed by atoms with E-state index in [1.54, 1.807) is 0 Å². The molecule has 4 atom stereocenters. The van der Waals surface area contributed by atoms with E-state index in [4.69, 9.17) is 0 Å². The third kappa shape index (κ3) is 47.9. The second-order valence-electron chi connectivity index (χ2n) is 20.7. The molecule has 388 valence electrons. The van der Waals surface area contributed by atoms with E-state index in [2.05, 4.69) is 31.3 Å². The summed E-state index contributed by atoms with van der Waals surface area (Å²) in [5.74, 6) is -0.586. The first kappa shape index (κ1) is 64.0. The quantitative estimate of drug-likeness (QED) is 0.0308. The van der Waals surface area contributed by atoms with Gasteiger partial charge in [-0.2, -0.15) is 0 Å². The Bertz CT molecular complexity index is 944. The van der Waals surface area contributed by atoms with Crippen LogP contribution < -0.4 is 5.32 Å². The van der Waals surface area contributed by atoms with Crippen LogP contribution in [0.15, 0.2) is 12.2 Å². The molecular formula is C59H117NO5. The van der Waals surface area contributed by atoms with E-state index < -0.39 is 36.9 Å². The molecule has 4 unspecified atom stereocenters. The number of rotatable bonds is 55. The number of carbonyl (C=O) groups is 1. The number of nitrogens with one attached hydrogen (secondary N) is 1. The smallest absolute Gasteiger partial charge is 0.249 e. The average molecular weight is 921 g/mol. The van der Waals surface area contributed by atoms with Crippen molar-refractivity contribution in [2.24, 2.45) is 0 Å². The fourth-order valence-corrected chi connectivity index (χ4v) is 9.59. The van der Waals surface area contributed by atoms with Crippen LogP contribution in [0.4, 0.5) is 0 Å². The molecule has 0 aromatic rings. The van der Waals surface area contributed by atoms with Crippen molar-refractivity contribution in [3.8, 4) is 0 Å². The van der Waals surface area contributed by atoms with Crippen molar-refractivity contribution in [1.29, 1.82) is 0 Å². The van der Waals surface area contributed by atoms with Crippen molar-refractivity contribution in [2.45, 2.75) is 353 Å². The molecule has 0 saturated carbocycles. The first-order chi connectivity index (χ1) is 32.0. The Hall–Kier alpha value is -0.950. The van der Waals surface area contributed by atoms with Crippen LogP contribution in [0.25, 0.3) is 0 Å². The molecule has 0 saturated heterocycles. The Balaban J connectivity index is 3.58. The number of aliphatic hydroxyl groups excluding tert-OH is 4. The van der Waals surface area contributed by atoms with Gasteiger partial charge in [-0.3, -0.25) is 4.79 Å². The Morgan fingerprint density at radius 1 is 0.369 bits per heavy atom. The molecule has 0 radical (unpaired) electrons. The molecule has 1 amide bonds. The van der Waals surface area contributed by atoms with E-state index in [9.17, 15) is 25.2 Å². The predicted molar refractivity (Wildman–Crippen MR) is 284 cm³/mol. The van der Waals surface area contributed by atoms with Gasteiger partial charge >= 0.3 is 0 Å². The maximum absolute atomic E-state index is 12.6. The molecule has 65 heavy (non-hydrogen) atoms. The minimum atomic E-state index is -1.28. The summed E-state index contributed by atoms with van der Waals surface area (Å²) in [5, 5.41) is 44.0. The summed E-state index contributed by atoms with van der Waals surface area (Å²) >= 11 is 0. The number of amides is 1. The highest BCUT2D eigenvalue weighted by Gasteiger charge is 2.28. The molecule has 5 N–H and O–H groups in total. The Kier molecular flexibility index (Phi) is 53.2. The Morgan fingerprint density at radius 2 is 0.631 bits per heavy atom. The zero-order chi connectivity index (χ0) is 47.4. The first-order valence-corrected chi connectivity index (χ1v) is 29.6. The monoisotopic (exact) mass is 920 g/mol. The lowest BCUT2D eigenvalue weighted by Gasteiger charge is -2.27. The SMILES string of the molecule is CCCCCCCCCCCCCCCCC/C=C/CCCC(O)C(O)C(CO)NC(=O)C(O)CCCCCCCCCCCCCCCCCCCCCCCCCCCCCCC. The van der Waals surface area contributed by atoms with Gasteiger partial charge in [0, 0.05) is 0 Å². The average Bonchev–Trinajstić information content (AvgIpc) is 3.31. The van der Waals surface area contributed by atoms with Crippen LogP contribution in [-0.4, -0.2) is 57.3 Å². The van der Waals surface area contributed by atoms with E-state index in [0.717, 1.165) is 38.5 Å². The van der Waals surface area contributed by atoms with Gasteiger partial charge in [0.1, 0.15) is 12.2 Å². The zero-order valence-electron chi connectivity index (χ0n) is 44.0. The number of allylic oxidation sites excluding steroid dienone is 2.